The number of hydrogen-bond acceptors (Lipinski definition) is 4. The minimum atomic E-state index is -0.176. The van der Waals surface area contributed by atoms with Gasteiger partial charge >= 0.3 is 0 Å². The van der Waals surface area contributed by atoms with Crippen molar-refractivity contribution in [3.8, 4) is 0 Å². The van der Waals surface area contributed by atoms with E-state index in [9.17, 15) is 9.59 Å². The van der Waals surface area contributed by atoms with Crippen molar-refractivity contribution in [3.63, 3.8) is 0 Å². The molecule has 3 aromatic rings. The number of anilines is 3. The molecule has 6 nitrogen and oxygen atoms in total. The maximum atomic E-state index is 12.7. The fourth-order valence-electron chi connectivity index (χ4n) is 3.01. The van der Waals surface area contributed by atoms with Gasteiger partial charge in [-0.3, -0.25) is 14.6 Å². The van der Waals surface area contributed by atoms with Crippen LogP contribution >= 0.6 is 0 Å². The monoisotopic (exact) mass is 388 g/mol. The van der Waals surface area contributed by atoms with Gasteiger partial charge in [-0.2, -0.15) is 0 Å². The van der Waals surface area contributed by atoms with E-state index in [2.05, 4.69) is 10.3 Å². The van der Waals surface area contributed by atoms with Gasteiger partial charge in [0.05, 0.1) is 5.56 Å². The van der Waals surface area contributed by atoms with Crippen LogP contribution in [0.25, 0.3) is 0 Å². The molecule has 6 heteroatoms. The summed E-state index contributed by atoms with van der Waals surface area (Å²) >= 11 is 0. The zero-order valence-electron chi connectivity index (χ0n) is 16.6. The smallest absolute Gasteiger partial charge is 0.257 e. The molecule has 0 spiro atoms. The van der Waals surface area contributed by atoms with Crippen molar-refractivity contribution in [2.24, 2.45) is 0 Å². The van der Waals surface area contributed by atoms with Crippen molar-refractivity contribution in [2.45, 2.75) is 6.42 Å². The zero-order chi connectivity index (χ0) is 20.6. The lowest BCUT2D eigenvalue weighted by atomic mass is 10.1. The van der Waals surface area contributed by atoms with Crippen LogP contribution in [0.2, 0.25) is 0 Å². The minimum absolute atomic E-state index is 0.176. The van der Waals surface area contributed by atoms with E-state index >= 15 is 0 Å². The maximum Gasteiger partial charge on any atom is 0.257 e. The lowest BCUT2D eigenvalue weighted by Crippen LogP contribution is -2.24. The highest BCUT2D eigenvalue weighted by Crippen LogP contribution is 2.21. The number of nitrogens with zero attached hydrogens (tertiary/aromatic N) is 3. The Morgan fingerprint density at radius 3 is 2.38 bits per heavy atom. The summed E-state index contributed by atoms with van der Waals surface area (Å²) in [4.78, 5) is 32.0. The lowest BCUT2D eigenvalue weighted by Gasteiger charge is -2.18. The molecule has 0 radical (unpaired) electrons. The fraction of sp³-hybridized carbons (Fsp3) is 0.174. The van der Waals surface area contributed by atoms with Gasteiger partial charge in [-0.1, -0.05) is 18.2 Å². The molecule has 29 heavy (non-hydrogen) atoms. The van der Waals surface area contributed by atoms with E-state index in [-0.39, 0.29) is 5.91 Å². The van der Waals surface area contributed by atoms with Crippen molar-refractivity contribution in [3.05, 3.63) is 84.2 Å². The van der Waals surface area contributed by atoms with Crippen molar-refractivity contribution in [1.29, 1.82) is 0 Å². The number of nitrogens with one attached hydrogen (secondary N) is 1. The quantitative estimate of drug-likeness (QED) is 0.599. The summed E-state index contributed by atoms with van der Waals surface area (Å²) < 4.78 is 0. The number of carbonyl (C=O) groups is 2. The number of benzene rings is 2. The fourth-order valence-corrected chi connectivity index (χ4v) is 3.01. The third kappa shape index (κ3) is 5.19. The molecule has 3 rings (SSSR count). The Hall–Kier alpha value is -3.67. The number of aromatic nitrogens is 1. The van der Waals surface area contributed by atoms with Crippen LogP contribution in [0.1, 0.15) is 16.1 Å². The molecular weight excluding hydrogens is 364 g/mol. The summed E-state index contributed by atoms with van der Waals surface area (Å²) in [6.45, 7) is 0.530. The molecule has 1 heterocycles. The van der Waals surface area contributed by atoms with Gasteiger partial charge in [0.15, 0.2) is 0 Å². The molecule has 0 saturated heterocycles. The molecule has 0 fully saturated rings. The standard InChI is InChI=1S/C23H24N4O2/c1-26(2)22-9-4-3-8-21(22)23(29)25-19-10-12-20(13-11-19)27(17-28)16-14-18-7-5-6-15-24-18/h3-13,15,17H,14,16H2,1-2H3,(H,25,29). The first-order chi connectivity index (χ1) is 14.1. The highest BCUT2D eigenvalue weighted by atomic mass is 16.1. The number of para-hydroxylation sites is 1. The van der Waals surface area contributed by atoms with E-state index in [1.807, 2.05) is 67.5 Å². The molecule has 2 aromatic carbocycles. The molecule has 2 amide bonds. The summed E-state index contributed by atoms with van der Waals surface area (Å²) in [5, 5.41) is 2.91. The first-order valence-electron chi connectivity index (χ1n) is 9.38. The van der Waals surface area contributed by atoms with Crippen LogP contribution in [-0.2, 0) is 11.2 Å². The van der Waals surface area contributed by atoms with Gasteiger partial charge in [0.25, 0.3) is 5.91 Å². The second kappa shape index (κ2) is 9.50. The Morgan fingerprint density at radius 1 is 1.00 bits per heavy atom. The number of pyridine rings is 1. The Bertz CT molecular complexity index is 956. The van der Waals surface area contributed by atoms with Crippen LogP contribution in [-0.4, -0.2) is 37.9 Å². The molecule has 148 valence electrons. The van der Waals surface area contributed by atoms with Gasteiger partial charge in [-0.15, -0.1) is 0 Å². The molecule has 0 aliphatic heterocycles. The van der Waals surface area contributed by atoms with Crippen LogP contribution in [0.15, 0.2) is 72.9 Å². The van der Waals surface area contributed by atoms with Crippen molar-refractivity contribution >= 4 is 29.4 Å². The molecule has 0 aliphatic rings. The number of hydrogen-bond donors (Lipinski definition) is 1. The van der Waals surface area contributed by atoms with Crippen LogP contribution in [0.3, 0.4) is 0 Å². The van der Waals surface area contributed by atoms with Crippen LogP contribution in [0.4, 0.5) is 17.1 Å². The van der Waals surface area contributed by atoms with E-state index in [1.54, 1.807) is 29.3 Å². The molecule has 0 saturated carbocycles. The normalized spacial score (nSPS) is 10.3. The topological polar surface area (TPSA) is 65.5 Å². The second-order valence-electron chi connectivity index (χ2n) is 6.78. The summed E-state index contributed by atoms with van der Waals surface area (Å²) in [5.41, 5.74) is 3.82. The SMILES string of the molecule is CN(C)c1ccccc1C(=O)Nc1ccc(N(C=O)CCc2ccccn2)cc1. The Balaban J connectivity index is 1.66. The Morgan fingerprint density at radius 2 is 1.72 bits per heavy atom. The average Bonchev–Trinajstić information content (AvgIpc) is 2.76. The van der Waals surface area contributed by atoms with Gasteiger partial charge in [0, 0.05) is 56.0 Å². The zero-order valence-corrected chi connectivity index (χ0v) is 16.6. The van der Waals surface area contributed by atoms with Crippen molar-refractivity contribution < 1.29 is 9.59 Å². The Labute approximate surface area is 170 Å². The highest BCUT2D eigenvalue weighted by molar-refractivity contribution is 6.08. The van der Waals surface area contributed by atoms with Gasteiger partial charge in [0.2, 0.25) is 6.41 Å². The minimum Gasteiger partial charge on any atom is -0.377 e. The third-order valence-corrected chi connectivity index (χ3v) is 4.55. The maximum absolute atomic E-state index is 12.7. The number of amides is 2. The van der Waals surface area contributed by atoms with E-state index in [1.165, 1.54) is 0 Å². The lowest BCUT2D eigenvalue weighted by molar-refractivity contribution is -0.107. The number of carbonyl (C=O) groups excluding carboxylic acids is 2. The van der Waals surface area contributed by atoms with E-state index in [0.717, 1.165) is 23.5 Å². The average molecular weight is 388 g/mol. The summed E-state index contributed by atoms with van der Waals surface area (Å²) in [7, 11) is 3.81. The summed E-state index contributed by atoms with van der Waals surface area (Å²) in [5.74, 6) is -0.176. The molecule has 0 aliphatic carbocycles. The first kappa shape index (κ1) is 20.1. The second-order valence-corrected chi connectivity index (χ2v) is 6.78. The predicted molar refractivity (Wildman–Crippen MR) is 117 cm³/mol. The van der Waals surface area contributed by atoms with E-state index in [4.69, 9.17) is 0 Å². The van der Waals surface area contributed by atoms with Gasteiger partial charge in [0.1, 0.15) is 0 Å². The third-order valence-electron chi connectivity index (χ3n) is 4.55. The summed E-state index contributed by atoms with van der Waals surface area (Å²) in [6, 6.07) is 20.4. The van der Waals surface area contributed by atoms with Gasteiger partial charge in [-0.05, 0) is 48.5 Å². The van der Waals surface area contributed by atoms with Crippen LogP contribution in [0, 0.1) is 0 Å². The predicted octanol–water partition coefficient (Wildman–Crippen LogP) is 3.61. The van der Waals surface area contributed by atoms with Crippen LogP contribution < -0.4 is 15.1 Å². The first-order valence-corrected chi connectivity index (χ1v) is 9.38. The van der Waals surface area contributed by atoms with Gasteiger partial charge in [-0.25, -0.2) is 0 Å². The van der Waals surface area contributed by atoms with E-state index < -0.39 is 0 Å². The molecule has 0 bridgehead atoms. The molecule has 1 aromatic heterocycles. The van der Waals surface area contributed by atoms with Crippen molar-refractivity contribution in [2.75, 3.05) is 35.8 Å². The van der Waals surface area contributed by atoms with Crippen LogP contribution in [0.5, 0.6) is 0 Å². The molecule has 1 N–H and O–H groups in total. The van der Waals surface area contributed by atoms with E-state index in [0.29, 0.717) is 24.2 Å². The summed E-state index contributed by atoms with van der Waals surface area (Å²) in [6.07, 6.45) is 3.22. The largest absolute Gasteiger partial charge is 0.377 e. The van der Waals surface area contributed by atoms with Crippen molar-refractivity contribution in [1.82, 2.24) is 4.98 Å². The number of rotatable bonds is 8. The van der Waals surface area contributed by atoms with Gasteiger partial charge < -0.3 is 15.1 Å². The Kier molecular flexibility index (Phi) is 6.58. The highest BCUT2D eigenvalue weighted by Gasteiger charge is 2.13. The molecule has 0 atom stereocenters. The molecular formula is C23H24N4O2. The molecule has 0 unspecified atom stereocenters.